The van der Waals surface area contributed by atoms with Gasteiger partial charge in [-0.2, -0.15) is 5.26 Å². The lowest BCUT2D eigenvalue weighted by Gasteiger charge is -2.29. The molecule has 0 saturated carbocycles. The van der Waals surface area contributed by atoms with Crippen molar-refractivity contribution in [2.24, 2.45) is 5.92 Å². The van der Waals surface area contributed by atoms with E-state index < -0.39 is 0 Å². The number of likely N-dealkylation sites (N-methyl/N-ethyl adjacent to an activating group) is 1. The Hall–Kier alpha value is -1.08. The molecule has 1 saturated heterocycles. The van der Waals surface area contributed by atoms with Crippen LogP contribution in [0.15, 0.2) is 0 Å². The minimum atomic E-state index is -0.0903. The Morgan fingerprint density at radius 1 is 1.62 bits per heavy atom. The van der Waals surface area contributed by atoms with Gasteiger partial charge in [-0.3, -0.25) is 4.79 Å². The summed E-state index contributed by atoms with van der Waals surface area (Å²) in [7, 11) is 0. The average Bonchev–Trinajstić information content (AvgIpc) is 2.35. The van der Waals surface area contributed by atoms with Gasteiger partial charge in [-0.15, -0.1) is 0 Å². The minimum absolute atomic E-state index is 0.0282. The van der Waals surface area contributed by atoms with Gasteiger partial charge in [0.1, 0.15) is 0 Å². The van der Waals surface area contributed by atoms with Crippen molar-refractivity contribution >= 4 is 5.91 Å². The first-order valence-corrected chi connectivity index (χ1v) is 6.10. The van der Waals surface area contributed by atoms with E-state index in [2.05, 4.69) is 11.4 Å². The van der Waals surface area contributed by atoms with Crippen molar-refractivity contribution in [3.05, 3.63) is 0 Å². The Kier molecular flexibility index (Phi) is 5.27. The highest BCUT2D eigenvalue weighted by atomic mass is 16.2. The zero-order chi connectivity index (χ0) is 12.0. The summed E-state index contributed by atoms with van der Waals surface area (Å²) in [6.07, 6.45) is 3.20. The molecule has 1 rings (SSSR count). The van der Waals surface area contributed by atoms with Crippen molar-refractivity contribution in [2.75, 3.05) is 19.6 Å². The molecule has 0 aromatic heterocycles. The van der Waals surface area contributed by atoms with Gasteiger partial charge < -0.3 is 10.2 Å². The Morgan fingerprint density at radius 2 is 2.38 bits per heavy atom. The Labute approximate surface area is 97.6 Å². The number of nitrogens with zero attached hydrogens (tertiary/aromatic N) is 2. The molecule has 0 spiro atoms. The normalized spacial score (nSPS) is 22.2. The molecule has 4 heteroatoms. The predicted molar refractivity (Wildman–Crippen MR) is 62.7 cm³/mol. The van der Waals surface area contributed by atoms with E-state index in [4.69, 9.17) is 5.26 Å². The molecular formula is C12H21N3O. The van der Waals surface area contributed by atoms with E-state index in [9.17, 15) is 4.79 Å². The van der Waals surface area contributed by atoms with E-state index in [1.165, 1.54) is 0 Å². The molecule has 0 aliphatic carbocycles. The molecule has 1 aliphatic rings. The fraction of sp³-hybridized carbons (Fsp3) is 0.833. The summed E-state index contributed by atoms with van der Waals surface area (Å²) in [5, 5.41) is 12.0. The number of nitrogens with one attached hydrogen (secondary N) is 1. The molecule has 0 aromatic carbocycles. The van der Waals surface area contributed by atoms with Gasteiger partial charge in [0.2, 0.25) is 5.91 Å². The van der Waals surface area contributed by atoms with Gasteiger partial charge >= 0.3 is 0 Å². The Morgan fingerprint density at radius 3 is 2.88 bits per heavy atom. The first kappa shape index (κ1) is 13.0. The van der Waals surface area contributed by atoms with Gasteiger partial charge in [-0.25, -0.2) is 0 Å². The number of rotatable bonds is 4. The second-order valence-electron chi connectivity index (χ2n) is 4.41. The maximum absolute atomic E-state index is 12.1. The molecule has 0 radical (unpaired) electrons. The molecule has 2 atom stereocenters. The smallest absolute Gasteiger partial charge is 0.239 e. The monoisotopic (exact) mass is 223 g/mol. The molecule has 0 bridgehead atoms. The topological polar surface area (TPSA) is 56.1 Å². The summed E-state index contributed by atoms with van der Waals surface area (Å²) >= 11 is 0. The summed E-state index contributed by atoms with van der Waals surface area (Å²) in [6.45, 7) is 5.98. The van der Waals surface area contributed by atoms with Gasteiger partial charge in [-0.1, -0.05) is 6.42 Å². The van der Waals surface area contributed by atoms with Crippen LogP contribution in [0.1, 0.15) is 33.1 Å². The standard InChI is InChI=1S/C12H21N3O/c1-3-15(9-10(2)8-13)12(16)11-6-4-5-7-14-11/h10-11,14H,3-7,9H2,1-2H3/t10?,11-/m0/s1. The molecule has 1 amide bonds. The van der Waals surface area contributed by atoms with Crippen molar-refractivity contribution in [1.82, 2.24) is 10.2 Å². The SMILES string of the molecule is CCN(CC(C)C#N)C(=O)[C@@H]1CCCCN1. The van der Waals surface area contributed by atoms with Crippen LogP contribution in [0.2, 0.25) is 0 Å². The van der Waals surface area contributed by atoms with Crippen LogP contribution in [0.4, 0.5) is 0 Å². The van der Waals surface area contributed by atoms with Crippen LogP contribution in [0.3, 0.4) is 0 Å². The van der Waals surface area contributed by atoms with Crippen molar-refractivity contribution in [2.45, 2.75) is 39.2 Å². The van der Waals surface area contributed by atoms with Gasteiger partial charge in [0.25, 0.3) is 0 Å². The van der Waals surface area contributed by atoms with Gasteiger partial charge in [0.05, 0.1) is 18.0 Å². The van der Waals surface area contributed by atoms with Crippen molar-refractivity contribution in [1.29, 1.82) is 5.26 Å². The van der Waals surface area contributed by atoms with Crippen LogP contribution in [0, 0.1) is 17.2 Å². The quantitative estimate of drug-likeness (QED) is 0.777. The zero-order valence-corrected chi connectivity index (χ0v) is 10.2. The summed E-state index contributed by atoms with van der Waals surface area (Å²) in [5.41, 5.74) is 0. The highest BCUT2D eigenvalue weighted by Gasteiger charge is 2.25. The number of nitriles is 1. The Bertz CT molecular complexity index is 266. The van der Waals surface area contributed by atoms with E-state index in [0.29, 0.717) is 13.1 Å². The zero-order valence-electron chi connectivity index (χ0n) is 10.2. The summed E-state index contributed by atoms with van der Waals surface area (Å²) in [6, 6.07) is 2.15. The third kappa shape index (κ3) is 3.49. The lowest BCUT2D eigenvalue weighted by atomic mass is 10.0. The van der Waals surface area contributed by atoms with Crippen LogP contribution >= 0.6 is 0 Å². The summed E-state index contributed by atoms with van der Waals surface area (Å²) in [5.74, 6) is 0.0665. The van der Waals surface area contributed by atoms with Crippen molar-refractivity contribution in [3.63, 3.8) is 0 Å². The fourth-order valence-corrected chi connectivity index (χ4v) is 2.03. The van der Waals surface area contributed by atoms with Crippen molar-refractivity contribution in [3.8, 4) is 6.07 Å². The largest absolute Gasteiger partial charge is 0.340 e. The predicted octanol–water partition coefficient (Wildman–Crippen LogP) is 1.14. The molecule has 16 heavy (non-hydrogen) atoms. The Balaban J connectivity index is 2.51. The van der Waals surface area contributed by atoms with Gasteiger partial charge in [-0.05, 0) is 33.2 Å². The second-order valence-corrected chi connectivity index (χ2v) is 4.41. The van der Waals surface area contributed by atoms with E-state index >= 15 is 0 Å². The minimum Gasteiger partial charge on any atom is -0.340 e. The molecule has 1 heterocycles. The maximum atomic E-state index is 12.1. The van der Waals surface area contributed by atoms with Crippen LogP contribution in [0.5, 0.6) is 0 Å². The molecule has 4 nitrogen and oxygen atoms in total. The number of amides is 1. The number of hydrogen-bond acceptors (Lipinski definition) is 3. The average molecular weight is 223 g/mol. The molecule has 0 aromatic rings. The molecule has 1 aliphatic heterocycles. The first-order valence-electron chi connectivity index (χ1n) is 6.10. The number of hydrogen-bond donors (Lipinski definition) is 1. The number of carbonyl (C=O) groups excluding carboxylic acids is 1. The lowest BCUT2D eigenvalue weighted by Crippen LogP contribution is -2.49. The van der Waals surface area contributed by atoms with Gasteiger partial charge in [0, 0.05) is 13.1 Å². The van der Waals surface area contributed by atoms with E-state index in [1.807, 2.05) is 13.8 Å². The third-order valence-electron chi connectivity index (χ3n) is 3.02. The number of carbonyl (C=O) groups is 1. The summed E-state index contributed by atoms with van der Waals surface area (Å²) < 4.78 is 0. The molecule has 90 valence electrons. The maximum Gasteiger partial charge on any atom is 0.239 e. The van der Waals surface area contributed by atoms with E-state index in [0.717, 1.165) is 25.8 Å². The van der Waals surface area contributed by atoms with E-state index in [-0.39, 0.29) is 17.9 Å². The summed E-state index contributed by atoms with van der Waals surface area (Å²) in [4.78, 5) is 13.9. The van der Waals surface area contributed by atoms with Crippen LogP contribution in [-0.2, 0) is 4.79 Å². The third-order valence-corrected chi connectivity index (χ3v) is 3.02. The van der Waals surface area contributed by atoms with Crippen molar-refractivity contribution < 1.29 is 4.79 Å². The lowest BCUT2D eigenvalue weighted by molar-refractivity contribution is -0.134. The van der Waals surface area contributed by atoms with Gasteiger partial charge in [0.15, 0.2) is 0 Å². The van der Waals surface area contributed by atoms with E-state index in [1.54, 1.807) is 4.90 Å². The molecule has 1 fully saturated rings. The van der Waals surface area contributed by atoms with Crippen LogP contribution < -0.4 is 5.32 Å². The molecule has 1 N–H and O–H groups in total. The fourth-order valence-electron chi connectivity index (χ4n) is 2.03. The first-order chi connectivity index (χ1) is 7.69. The highest BCUT2D eigenvalue weighted by Crippen LogP contribution is 2.11. The van der Waals surface area contributed by atoms with Crippen LogP contribution in [0.25, 0.3) is 0 Å². The molecular weight excluding hydrogens is 202 g/mol. The second kappa shape index (κ2) is 6.49. The van der Waals surface area contributed by atoms with Crippen LogP contribution in [-0.4, -0.2) is 36.5 Å². The number of piperidine rings is 1. The highest BCUT2D eigenvalue weighted by molar-refractivity contribution is 5.82. The molecule has 1 unspecified atom stereocenters.